The van der Waals surface area contributed by atoms with Crippen LogP contribution in [0.3, 0.4) is 0 Å². The number of hydrogen-bond donors (Lipinski definition) is 3. The molecule has 2 aromatic rings. The highest BCUT2D eigenvalue weighted by molar-refractivity contribution is 6.29. The third-order valence-corrected chi connectivity index (χ3v) is 2.91. The molecule has 20 heavy (non-hydrogen) atoms. The Morgan fingerprint density at radius 1 is 1.45 bits per heavy atom. The van der Waals surface area contributed by atoms with Gasteiger partial charge in [0.1, 0.15) is 11.0 Å². The van der Waals surface area contributed by atoms with Gasteiger partial charge >= 0.3 is 5.97 Å². The van der Waals surface area contributed by atoms with Crippen LogP contribution in [0.5, 0.6) is 0 Å². The van der Waals surface area contributed by atoms with E-state index >= 15 is 0 Å². The standard InChI is InChI=1S/C12H13ClN4O3/c1-2-9(18)14-7(5-10(19)20)12-15-6-3-4-8(13)16-11(6)17-12/h3-4,7H,2,5H2,1H3,(H,14,18)(H,19,20)(H,15,16,17). The number of halogens is 1. The fraction of sp³-hybridized carbons (Fsp3) is 0.333. The highest BCUT2D eigenvalue weighted by Gasteiger charge is 2.21. The third-order valence-electron chi connectivity index (χ3n) is 2.70. The number of amides is 1. The number of nitrogens with zero attached hydrogens (tertiary/aromatic N) is 2. The van der Waals surface area contributed by atoms with Crippen LogP contribution in [-0.4, -0.2) is 31.9 Å². The van der Waals surface area contributed by atoms with Crippen molar-refractivity contribution in [2.24, 2.45) is 0 Å². The van der Waals surface area contributed by atoms with Crippen molar-refractivity contribution >= 4 is 34.6 Å². The Balaban J connectivity index is 2.34. The first kappa shape index (κ1) is 14.3. The second-order valence-electron chi connectivity index (χ2n) is 4.20. The number of aromatic amines is 1. The highest BCUT2D eigenvalue weighted by Crippen LogP contribution is 2.19. The van der Waals surface area contributed by atoms with Gasteiger partial charge in [-0.05, 0) is 12.1 Å². The van der Waals surface area contributed by atoms with Crippen LogP contribution in [0.4, 0.5) is 0 Å². The van der Waals surface area contributed by atoms with E-state index in [4.69, 9.17) is 16.7 Å². The number of carbonyl (C=O) groups is 2. The smallest absolute Gasteiger partial charge is 0.305 e. The Morgan fingerprint density at radius 2 is 2.20 bits per heavy atom. The van der Waals surface area contributed by atoms with Crippen LogP contribution < -0.4 is 5.32 Å². The molecule has 0 aromatic carbocycles. The molecule has 0 aliphatic carbocycles. The summed E-state index contributed by atoms with van der Waals surface area (Å²) in [5, 5.41) is 11.8. The molecule has 0 aliphatic rings. The minimum atomic E-state index is -1.03. The van der Waals surface area contributed by atoms with Gasteiger partial charge in [-0.15, -0.1) is 0 Å². The number of aliphatic carboxylic acids is 1. The minimum absolute atomic E-state index is 0.248. The first-order chi connectivity index (χ1) is 9.49. The van der Waals surface area contributed by atoms with Crippen LogP contribution in [0.1, 0.15) is 31.6 Å². The first-order valence-corrected chi connectivity index (χ1v) is 6.40. The molecule has 0 bridgehead atoms. The summed E-state index contributed by atoms with van der Waals surface area (Å²) in [4.78, 5) is 33.5. The normalized spacial score (nSPS) is 12.3. The van der Waals surface area contributed by atoms with Gasteiger partial charge in [-0.1, -0.05) is 18.5 Å². The average molecular weight is 297 g/mol. The number of carboxylic acid groups (broad SMARTS) is 1. The molecule has 2 rings (SSSR count). The summed E-state index contributed by atoms with van der Waals surface area (Å²) in [6.07, 6.45) is -0.000278. The van der Waals surface area contributed by atoms with E-state index in [0.29, 0.717) is 22.1 Å². The molecule has 0 saturated carbocycles. The lowest BCUT2D eigenvalue weighted by atomic mass is 10.2. The average Bonchev–Trinajstić information content (AvgIpc) is 2.80. The Kier molecular flexibility index (Phi) is 4.19. The predicted molar refractivity (Wildman–Crippen MR) is 72.3 cm³/mol. The van der Waals surface area contributed by atoms with E-state index in [0.717, 1.165) is 0 Å². The molecule has 0 spiro atoms. The SMILES string of the molecule is CCC(=O)NC(CC(=O)O)c1nc2nc(Cl)ccc2[nH]1. The van der Waals surface area contributed by atoms with Crippen molar-refractivity contribution in [3.63, 3.8) is 0 Å². The number of aromatic nitrogens is 3. The van der Waals surface area contributed by atoms with Crippen molar-refractivity contribution < 1.29 is 14.7 Å². The summed E-state index contributed by atoms with van der Waals surface area (Å²) in [6, 6.07) is 2.57. The fourth-order valence-electron chi connectivity index (χ4n) is 1.74. The Morgan fingerprint density at radius 3 is 2.85 bits per heavy atom. The maximum Gasteiger partial charge on any atom is 0.305 e. The molecule has 1 unspecified atom stereocenters. The number of rotatable bonds is 5. The molecule has 1 atom stereocenters. The van der Waals surface area contributed by atoms with E-state index in [1.807, 2.05) is 0 Å². The van der Waals surface area contributed by atoms with Crippen molar-refractivity contribution in [2.75, 3.05) is 0 Å². The molecular formula is C12H13ClN4O3. The lowest BCUT2D eigenvalue weighted by Gasteiger charge is -2.13. The molecule has 7 nitrogen and oxygen atoms in total. The molecule has 0 fully saturated rings. The molecule has 0 saturated heterocycles. The molecule has 2 aromatic heterocycles. The monoisotopic (exact) mass is 296 g/mol. The van der Waals surface area contributed by atoms with Crippen molar-refractivity contribution in [1.29, 1.82) is 0 Å². The molecule has 3 N–H and O–H groups in total. The molecule has 0 radical (unpaired) electrons. The maximum atomic E-state index is 11.5. The number of carboxylic acids is 1. The fourth-order valence-corrected chi connectivity index (χ4v) is 1.88. The second kappa shape index (κ2) is 5.87. The number of carbonyl (C=O) groups excluding carboxylic acids is 1. The van der Waals surface area contributed by atoms with E-state index < -0.39 is 12.0 Å². The first-order valence-electron chi connectivity index (χ1n) is 6.03. The number of H-pyrrole nitrogens is 1. The minimum Gasteiger partial charge on any atom is -0.481 e. The number of imidazole rings is 1. The summed E-state index contributed by atoms with van der Waals surface area (Å²) >= 11 is 5.77. The summed E-state index contributed by atoms with van der Waals surface area (Å²) in [7, 11) is 0. The van der Waals surface area contributed by atoms with Crippen LogP contribution >= 0.6 is 11.6 Å². The van der Waals surface area contributed by atoms with E-state index in [9.17, 15) is 9.59 Å². The predicted octanol–water partition coefficient (Wildman–Crippen LogP) is 1.65. The van der Waals surface area contributed by atoms with E-state index in [1.54, 1.807) is 19.1 Å². The van der Waals surface area contributed by atoms with Crippen LogP contribution in [0.25, 0.3) is 11.2 Å². The molecule has 8 heteroatoms. The van der Waals surface area contributed by atoms with Crippen LogP contribution in [0, 0.1) is 0 Å². The topological polar surface area (TPSA) is 108 Å². The van der Waals surface area contributed by atoms with Gasteiger partial charge in [-0.2, -0.15) is 0 Å². The zero-order valence-corrected chi connectivity index (χ0v) is 11.4. The number of nitrogens with one attached hydrogen (secondary N) is 2. The number of hydrogen-bond acceptors (Lipinski definition) is 4. The zero-order valence-electron chi connectivity index (χ0n) is 10.7. The van der Waals surface area contributed by atoms with Gasteiger partial charge in [0.2, 0.25) is 5.91 Å². The lowest BCUT2D eigenvalue weighted by molar-refractivity contribution is -0.137. The summed E-state index contributed by atoms with van der Waals surface area (Å²) < 4.78 is 0. The van der Waals surface area contributed by atoms with Gasteiger partial charge in [0.25, 0.3) is 0 Å². The molecular weight excluding hydrogens is 284 g/mol. The summed E-state index contributed by atoms with van der Waals surface area (Å²) in [6.45, 7) is 1.69. The number of fused-ring (bicyclic) bond motifs is 1. The van der Waals surface area contributed by atoms with Crippen LogP contribution in [0.15, 0.2) is 12.1 Å². The quantitative estimate of drug-likeness (QED) is 0.727. The molecule has 2 heterocycles. The maximum absolute atomic E-state index is 11.5. The van der Waals surface area contributed by atoms with E-state index in [2.05, 4.69) is 20.3 Å². The number of pyridine rings is 1. The van der Waals surface area contributed by atoms with E-state index in [1.165, 1.54) is 0 Å². The van der Waals surface area contributed by atoms with Crippen molar-refractivity contribution in [2.45, 2.75) is 25.8 Å². The Bertz CT molecular complexity index is 655. The van der Waals surface area contributed by atoms with E-state index in [-0.39, 0.29) is 18.7 Å². The van der Waals surface area contributed by atoms with Gasteiger partial charge in [-0.25, -0.2) is 9.97 Å². The molecule has 106 valence electrons. The van der Waals surface area contributed by atoms with Gasteiger partial charge in [-0.3, -0.25) is 9.59 Å². The largest absolute Gasteiger partial charge is 0.481 e. The highest BCUT2D eigenvalue weighted by atomic mass is 35.5. The molecule has 0 aliphatic heterocycles. The third kappa shape index (κ3) is 3.24. The van der Waals surface area contributed by atoms with Crippen molar-refractivity contribution in [3.05, 3.63) is 23.1 Å². The molecule has 1 amide bonds. The van der Waals surface area contributed by atoms with Crippen LogP contribution in [0.2, 0.25) is 5.15 Å². The van der Waals surface area contributed by atoms with Gasteiger partial charge in [0.15, 0.2) is 5.65 Å². The van der Waals surface area contributed by atoms with Gasteiger partial charge in [0, 0.05) is 6.42 Å². The summed E-state index contributed by atoms with van der Waals surface area (Å²) in [5.41, 5.74) is 1.01. The van der Waals surface area contributed by atoms with Crippen molar-refractivity contribution in [1.82, 2.24) is 20.3 Å². The van der Waals surface area contributed by atoms with Gasteiger partial charge in [0.05, 0.1) is 18.0 Å². The zero-order chi connectivity index (χ0) is 14.7. The second-order valence-corrected chi connectivity index (χ2v) is 4.59. The van der Waals surface area contributed by atoms with Crippen molar-refractivity contribution in [3.8, 4) is 0 Å². The Labute approximate surface area is 119 Å². The lowest BCUT2D eigenvalue weighted by Crippen LogP contribution is -2.30. The summed E-state index contributed by atoms with van der Waals surface area (Å²) in [5.74, 6) is -0.931. The Hall–Kier alpha value is -2.15. The van der Waals surface area contributed by atoms with Crippen LogP contribution in [-0.2, 0) is 9.59 Å². The van der Waals surface area contributed by atoms with Gasteiger partial charge < -0.3 is 15.4 Å².